The third-order valence-corrected chi connectivity index (χ3v) is 4.18. The lowest BCUT2D eigenvalue weighted by molar-refractivity contribution is 0.0606. The highest BCUT2D eigenvalue weighted by atomic mass is 32.1. The molecule has 2 rings (SSSR count). The van der Waals surface area contributed by atoms with Gasteiger partial charge in [0.2, 0.25) is 0 Å². The summed E-state index contributed by atoms with van der Waals surface area (Å²) in [5.74, 6) is -3.26. The molecular weight excluding hydrogens is 236 g/mol. The van der Waals surface area contributed by atoms with E-state index in [1.807, 2.05) is 0 Å². The van der Waals surface area contributed by atoms with Crippen LogP contribution in [0.5, 0.6) is 0 Å². The molecule has 3 nitrogen and oxygen atoms in total. The number of carbonyl (C=O) groups excluding carboxylic acids is 1. The Morgan fingerprint density at radius 3 is 2.69 bits per heavy atom. The Hall–Kier alpha value is -1.01. The molecule has 6 heteroatoms. The quantitative estimate of drug-likeness (QED) is 0.828. The first-order valence-corrected chi connectivity index (χ1v) is 5.55. The molecule has 0 radical (unpaired) electrons. The molecule has 88 valence electrons. The first kappa shape index (κ1) is 11.5. The Morgan fingerprint density at radius 1 is 1.62 bits per heavy atom. The minimum absolute atomic E-state index is 0.110. The number of alkyl halides is 2. The molecule has 0 saturated heterocycles. The second-order valence-corrected chi connectivity index (χ2v) is 4.91. The van der Waals surface area contributed by atoms with E-state index in [-0.39, 0.29) is 13.0 Å². The largest absolute Gasteiger partial charge is 0.465 e. The summed E-state index contributed by atoms with van der Waals surface area (Å²) in [4.78, 5) is 12.0. The van der Waals surface area contributed by atoms with Gasteiger partial charge in [-0.05, 0) is 12.1 Å². The Morgan fingerprint density at radius 2 is 2.25 bits per heavy atom. The summed E-state index contributed by atoms with van der Waals surface area (Å²) < 4.78 is 31.0. The van der Waals surface area contributed by atoms with Crippen LogP contribution in [-0.4, -0.2) is 25.5 Å². The van der Waals surface area contributed by atoms with E-state index < -0.39 is 17.3 Å². The van der Waals surface area contributed by atoms with Crippen molar-refractivity contribution in [3.63, 3.8) is 0 Å². The molecule has 2 N–H and O–H groups in total. The molecule has 1 saturated carbocycles. The Kier molecular flexibility index (Phi) is 2.51. The normalized spacial score (nSPS) is 26.5. The minimum atomic E-state index is -2.75. The molecule has 0 aromatic carbocycles. The monoisotopic (exact) mass is 247 g/mol. The van der Waals surface area contributed by atoms with Crippen molar-refractivity contribution in [1.82, 2.24) is 0 Å². The summed E-state index contributed by atoms with van der Waals surface area (Å²) in [5, 5.41) is 0. The topological polar surface area (TPSA) is 52.3 Å². The van der Waals surface area contributed by atoms with E-state index in [1.54, 1.807) is 0 Å². The zero-order valence-electron chi connectivity index (χ0n) is 8.63. The average Bonchev–Trinajstić information content (AvgIpc) is 2.68. The number of rotatable bonds is 3. The lowest BCUT2D eigenvalue weighted by Gasteiger charge is -2.10. The van der Waals surface area contributed by atoms with Crippen molar-refractivity contribution in [2.45, 2.75) is 17.8 Å². The van der Waals surface area contributed by atoms with Crippen LogP contribution < -0.4 is 5.73 Å². The third-order valence-electron chi connectivity index (χ3n) is 2.91. The summed E-state index contributed by atoms with van der Waals surface area (Å²) in [7, 11) is 1.26. The summed E-state index contributed by atoms with van der Waals surface area (Å²) in [6, 6.07) is 3.03. The van der Waals surface area contributed by atoms with Gasteiger partial charge in [0, 0.05) is 17.8 Å². The summed E-state index contributed by atoms with van der Waals surface area (Å²) in [6.07, 6.45) is -0.238. The second kappa shape index (κ2) is 3.49. The molecule has 1 aliphatic carbocycles. The predicted octanol–water partition coefficient (Wildman–Crippen LogP) is 1.77. The van der Waals surface area contributed by atoms with Gasteiger partial charge in [0.15, 0.2) is 0 Å². The molecule has 0 bridgehead atoms. The molecule has 1 aromatic rings. The van der Waals surface area contributed by atoms with E-state index in [2.05, 4.69) is 4.74 Å². The van der Waals surface area contributed by atoms with Crippen molar-refractivity contribution in [3.05, 3.63) is 21.9 Å². The fraction of sp³-hybridized carbons (Fsp3) is 0.500. The standard InChI is InChI=1S/C10H11F2NO2S/c1-15-8(14)6-2-3-7(16-6)9(5-13)4-10(9,11)12/h2-3H,4-5,13H2,1H3. The Bertz CT molecular complexity index is 432. The summed E-state index contributed by atoms with van der Waals surface area (Å²) in [6.45, 7) is -0.110. The Balaban J connectivity index is 2.29. The van der Waals surface area contributed by atoms with Gasteiger partial charge >= 0.3 is 5.97 Å². The van der Waals surface area contributed by atoms with E-state index in [4.69, 9.17) is 5.73 Å². The van der Waals surface area contributed by atoms with Crippen molar-refractivity contribution >= 4 is 17.3 Å². The van der Waals surface area contributed by atoms with Gasteiger partial charge in [0.1, 0.15) is 4.88 Å². The van der Waals surface area contributed by atoms with E-state index in [9.17, 15) is 13.6 Å². The van der Waals surface area contributed by atoms with Crippen molar-refractivity contribution in [2.24, 2.45) is 5.73 Å². The number of hydrogen-bond acceptors (Lipinski definition) is 4. The maximum atomic E-state index is 13.2. The van der Waals surface area contributed by atoms with Crippen LogP contribution in [0.15, 0.2) is 12.1 Å². The molecule has 16 heavy (non-hydrogen) atoms. The smallest absolute Gasteiger partial charge is 0.348 e. The number of ether oxygens (including phenoxy) is 1. The van der Waals surface area contributed by atoms with Crippen LogP contribution in [0.4, 0.5) is 8.78 Å². The number of nitrogens with two attached hydrogens (primary N) is 1. The highest BCUT2D eigenvalue weighted by Gasteiger charge is 2.71. The van der Waals surface area contributed by atoms with Crippen LogP contribution in [-0.2, 0) is 10.2 Å². The first-order valence-electron chi connectivity index (χ1n) is 4.73. The number of thiophene rings is 1. The van der Waals surface area contributed by atoms with Crippen LogP contribution in [0.3, 0.4) is 0 Å². The molecular formula is C10H11F2NO2S. The second-order valence-electron chi connectivity index (χ2n) is 3.82. The molecule has 0 aliphatic heterocycles. The molecule has 1 aliphatic rings. The average molecular weight is 247 g/mol. The fourth-order valence-electron chi connectivity index (χ4n) is 1.73. The zero-order valence-corrected chi connectivity index (χ0v) is 9.44. The molecule has 1 atom stereocenters. The maximum absolute atomic E-state index is 13.2. The molecule has 0 spiro atoms. The molecule has 0 amide bonds. The van der Waals surface area contributed by atoms with Gasteiger partial charge in [0.05, 0.1) is 12.5 Å². The highest BCUT2D eigenvalue weighted by molar-refractivity contribution is 7.14. The molecule has 1 fully saturated rings. The Labute approximate surface area is 95.2 Å². The lowest BCUT2D eigenvalue weighted by Crippen LogP contribution is -2.25. The van der Waals surface area contributed by atoms with Gasteiger partial charge in [-0.25, -0.2) is 13.6 Å². The predicted molar refractivity (Wildman–Crippen MR) is 56.0 cm³/mol. The van der Waals surface area contributed by atoms with Gasteiger partial charge in [-0.15, -0.1) is 11.3 Å². The number of carbonyl (C=O) groups is 1. The van der Waals surface area contributed by atoms with Crippen molar-refractivity contribution in [3.8, 4) is 0 Å². The van der Waals surface area contributed by atoms with Crippen LogP contribution in [0, 0.1) is 0 Å². The minimum Gasteiger partial charge on any atom is -0.465 e. The highest BCUT2D eigenvalue weighted by Crippen LogP contribution is 2.62. The van der Waals surface area contributed by atoms with Gasteiger partial charge in [-0.2, -0.15) is 0 Å². The lowest BCUT2D eigenvalue weighted by atomic mass is 10.1. The third kappa shape index (κ3) is 1.44. The van der Waals surface area contributed by atoms with E-state index >= 15 is 0 Å². The van der Waals surface area contributed by atoms with Crippen molar-refractivity contribution in [2.75, 3.05) is 13.7 Å². The van der Waals surface area contributed by atoms with E-state index in [0.29, 0.717) is 9.75 Å². The van der Waals surface area contributed by atoms with Crippen molar-refractivity contribution < 1.29 is 18.3 Å². The van der Waals surface area contributed by atoms with Gasteiger partial charge < -0.3 is 10.5 Å². The zero-order chi connectivity index (χ0) is 12.0. The molecule has 1 unspecified atom stereocenters. The maximum Gasteiger partial charge on any atom is 0.348 e. The SMILES string of the molecule is COC(=O)c1ccc(C2(CN)CC2(F)F)s1. The summed E-state index contributed by atoms with van der Waals surface area (Å²) in [5.41, 5.74) is 4.14. The van der Waals surface area contributed by atoms with Gasteiger partial charge in [0.25, 0.3) is 5.92 Å². The van der Waals surface area contributed by atoms with Crippen LogP contribution >= 0.6 is 11.3 Å². The first-order chi connectivity index (χ1) is 7.47. The van der Waals surface area contributed by atoms with Crippen LogP contribution in [0.1, 0.15) is 21.0 Å². The number of methoxy groups -OCH3 is 1. The van der Waals surface area contributed by atoms with Crippen LogP contribution in [0.2, 0.25) is 0 Å². The van der Waals surface area contributed by atoms with Crippen molar-refractivity contribution in [1.29, 1.82) is 0 Å². The number of esters is 1. The van der Waals surface area contributed by atoms with Crippen LogP contribution in [0.25, 0.3) is 0 Å². The van der Waals surface area contributed by atoms with E-state index in [1.165, 1.54) is 19.2 Å². The van der Waals surface area contributed by atoms with E-state index in [0.717, 1.165) is 11.3 Å². The number of hydrogen-bond donors (Lipinski definition) is 1. The number of halogens is 2. The summed E-state index contributed by atoms with van der Waals surface area (Å²) >= 11 is 1.03. The van der Waals surface area contributed by atoms with Gasteiger partial charge in [-0.1, -0.05) is 0 Å². The molecule has 1 heterocycles. The molecule has 1 aromatic heterocycles. The van der Waals surface area contributed by atoms with Gasteiger partial charge in [-0.3, -0.25) is 0 Å². The fourth-order valence-corrected chi connectivity index (χ4v) is 2.91.